The highest BCUT2D eigenvalue weighted by molar-refractivity contribution is 5.92. The molecule has 7 heteroatoms. The molecular weight excluding hydrogens is 359 g/mol. The number of benzene rings is 1. The molecule has 1 aromatic carbocycles. The molecule has 0 radical (unpaired) electrons. The summed E-state index contributed by atoms with van der Waals surface area (Å²) in [5.41, 5.74) is 0.596. The Kier molecular flexibility index (Phi) is 7.39. The second-order valence-corrected chi connectivity index (χ2v) is 8.04. The summed E-state index contributed by atoms with van der Waals surface area (Å²) in [6.07, 6.45) is 4.76. The predicted molar refractivity (Wildman–Crippen MR) is 107 cm³/mol. The van der Waals surface area contributed by atoms with Crippen LogP contribution in [-0.2, 0) is 9.59 Å². The van der Waals surface area contributed by atoms with Crippen LogP contribution in [0.5, 0.6) is 0 Å². The topological polar surface area (TPSA) is 64.7 Å². The van der Waals surface area contributed by atoms with Crippen molar-refractivity contribution in [3.63, 3.8) is 0 Å². The summed E-state index contributed by atoms with van der Waals surface area (Å²) < 4.78 is 12.9. The van der Waals surface area contributed by atoms with Gasteiger partial charge in [-0.15, -0.1) is 0 Å². The third-order valence-electron chi connectivity index (χ3n) is 5.79. The van der Waals surface area contributed by atoms with E-state index in [0.29, 0.717) is 30.7 Å². The first-order valence-electron chi connectivity index (χ1n) is 10.3. The van der Waals surface area contributed by atoms with Crippen LogP contribution in [0.25, 0.3) is 0 Å². The minimum Gasteiger partial charge on any atom is -0.352 e. The molecular formula is C21H31FN4O2. The van der Waals surface area contributed by atoms with Crippen molar-refractivity contribution in [3.8, 4) is 0 Å². The number of hydrogen-bond acceptors (Lipinski definition) is 4. The van der Waals surface area contributed by atoms with Gasteiger partial charge in [0.1, 0.15) is 5.82 Å². The van der Waals surface area contributed by atoms with Gasteiger partial charge in [-0.25, -0.2) is 4.39 Å². The smallest absolute Gasteiger partial charge is 0.238 e. The number of rotatable bonds is 6. The number of piperazine rings is 1. The standard InChI is InChI=1S/C21H31FN4O2/c1-16-4-2-3-5-19(16)24-21(28)15-26-12-10-25(11-13-26)14-20(27)23-18-8-6-17(22)7-9-18/h6-9,16,19H,2-5,10-15H2,1H3,(H,23,27)(H,24,28)/t16-,19+/m1/s1. The second kappa shape index (κ2) is 9.98. The molecule has 1 heterocycles. The van der Waals surface area contributed by atoms with Crippen molar-refractivity contribution in [2.24, 2.45) is 5.92 Å². The normalized spacial score (nSPS) is 23.9. The first kappa shape index (κ1) is 20.7. The largest absolute Gasteiger partial charge is 0.352 e. The van der Waals surface area contributed by atoms with E-state index in [1.807, 2.05) is 0 Å². The fraction of sp³-hybridized carbons (Fsp3) is 0.619. The van der Waals surface area contributed by atoms with E-state index in [4.69, 9.17) is 0 Å². The molecule has 1 saturated heterocycles. The number of nitrogens with zero attached hydrogens (tertiary/aromatic N) is 2. The molecule has 0 spiro atoms. The van der Waals surface area contributed by atoms with Gasteiger partial charge in [0, 0.05) is 37.9 Å². The minimum atomic E-state index is -0.323. The molecule has 2 N–H and O–H groups in total. The maximum Gasteiger partial charge on any atom is 0.238 e. The Balaban J connectivity index is 1.35. The zero-order valence-electron chi connectivity index (χ0n) is 16.6. The maximum atomic E-state index is 12.9. The number of carbonyl (C=O) groups is 2. The molecule has 1 aliphatic carbocycles. The van der Waals surface area contributed by atoms with Crippen molar-refractivity contribution >= 4 is 17.5 Å². The monoisotopic (exact) mass is 390 g/mol. The lowest BCUT2D eigenvalue weighted by Crippen LogP contribution is -2.52. The van der Waals surface area contributed by atoms with Crippen LogP contribution >= 0.6 is 0 Å². The zero-order chi connectivity index (χ0) is 19.9. The summed E-state index contributed by atoms with van der Waals surface area (Å²) in [4.78, 5) is 28.7. The highest BCUT2D eigenvalue weighted by atomic mass is 19.1. The molecule has 0 unspecified atom stereocenters. The first-order chi connectivity index (χ1) is 13.5. The van der Waals surface area contributed by atoms with Gasteiger partial charge in [0.15, 0.2) is 0 Å². The Morgan fingerprint density at radius 2 is 1.54 bits per heavy atom. The van der Waals surface area contributed by atoms with Crippen molar-refractivity contribution in [1.29, 1.82) is 0 Å². The fourth-order valence-corrected chi connectivity index (χ4v) is 4.03. The van der Waals surface area contributed by atoms with Crippen LogP contribution in [0.15, 0.2) is 24.3 Å². The van der Waals surface area contributed by atoms with Gasteiger partial charge in [-0.3, -0.25) is 19.4 Å². The summed E-state index contributed by atoms with van der Waals surface area (Å²) in [6.45, 7) is 6.01. The number of anilines is 1. The van der Waals surface area contributed by atoms with Crippen molar-refractivity contribution in [3.05, 3.63) is 30.1 Å². The van der Waals surface area contributed by atoms with Crippen LogP contribution in [0.2, 0.25) is 0 Å². The molecule has 1 saturated carbocycles. The molecule has 2 fully saturated rings. The molecule has 2 aliphatic rings. The van der Waals surface area contributed by atoms with Gasteiger partial charge in [0.05, 0.1) is 13.1 Å². The molecule has 0 bridgehead atoms. The molecule has 1 aliphatic heterocycles. The number of nitrogens with one attached hydrogen (secondary N) is 2. The van der Waals surface area contributed by atoms with Gasteiger partial charge in [-0.1, -0.05) is 19.8 Å². The predicted octanol–water partition coefficient (Wildman–Crippen LogP) is 2.08. The summed E-state index contributed by atoms with van der Waals surface area (Å²) in [5, 5.41) is 5.99. The third-order valence-corrected chi connectivity index (χ3v) is 5.79. The zero-order valence-corrected chi connectivity index (χ0v) is 16.6. The van der Waals surface area contributed by atoms with E-state index in [2.05, 4.69) is 27.4 Å². The molecule has 28 heavy (non-hydrogen) atoms. The second-order valence-electron chi connectivity index (χ2n) is 8.04. The fourth-order valence-electron chi connectivity index (χ4n) is 4.03. The molecule has 2 amide bonds. The number of halogens is 1. The van der Waals surface area contributed by atoms with Crippen molar-refractivity contribution < 1.29 is 14.0 Å². The Hall–Kier alpha value is -1.99. The number of carbonyl (C=O) groups excluding carboxylic acids is 2. The van der Waals surface area contributed by atoms with E-state index in [-0.39, 0.29) is 17.6 Å². The van der Waals surface area contributed by atoms with Crippen molar-refractivity contribution in [2.75, 3.05) is 44.6 Å². The summed E-state index contributed by atoms with van der Waals surface area (Å²) in [7, 11) is 0. The Morgan fingerprint density at radius 1 is 0.964 bits per heavy atom. The van der Waals surface area contributed by atoms with E-state index in [9.17, 15) is 14.0 Å². The van der Waals surface area contributed by atoms with Crippen molar-refractivity contribution in [2.45, 2.75) is 38.6 Å². The Labute approximate surface area is 166 Å². The quantitative estimate of drug-likeness (QED) is 0.781. The lowest BCUT2D eigenvalue weighted by atomic mass is 9.86. The molecule has 3 rings (SSSR count). The maximum absolute atomic E-state index is 12.9. The van der Waals surface area contributed by atoms with Gasteiger partial charge in [0.2, 0.25) is 11.8 Å². The molecule has 1 aromatic rings. The van der Waals surface area contributed by atoms with Crippen LogP contribution in [0, 0.1) is 11.7 Å². The Morgan fingerprint density at radius 3 is 2.14 bits per heavy atom. The average Bonchev–Trinajstić information content (AvgIpc) is 2.67. The first-order valence-corrected chi connectivity index (χ1v) is 10.3. The van der Waals surface area contributed by atoms with E-state index < -0.39 is 0 Å². The molecule has 6 nitrogen and oxygen atoms in total. The SMILES string of the molecule is C[C@@H]1CCCC[C@@H]1NC(=O)CN1CCN(CC(=O)Nc2ccc(F)cc2)CC1. The number of hydrogen-bond donors (Lipinski definition) is 2. The van der Waals surface area contributed by atoms with Gasteiger partial charge >= 0.3 is 0 Å². The summed E-state index contributed by atoms with van der Waals surface area (Å²) >= 11 is 0. The van der Waals surface area contributed by atoms with E-state index >= 15 is 0 Å². The van der Waals surface area contributed by atoms with E-state index in [0.717, 1.165) is 32.6 Å². The lowest BCUT2D eigenvalue weighted by Gasteiger charge is -2.35. The summed E-state index contributed by atoms with van der Waals surface area (Å²) in [5.74, 6) is 0.246. The van der Waals surface area contributed by atoms with E-state index in [1.165, 1.54) is 31.4 Å². The van der Waals surface area contributed by atoms with Crippen LogP contribution in [-0.4, -0.2) is 66.9 Å². The molecule has 154 valence electrons. The van der Waals surface area contributed by atoms with Gasteiger partial charge in [-0.05, 0) is 43.0 Å². The van der Waals surface area contributed by atoms with Crippen LogP contribution in [0.4, 0.5) is 10.1 Å². The highest BCUT2D eigenvalue weighted by Gasteiger charge is 2.25. The third kappa shape index (κ3) is 6.27. The molecule has 2 atom stereocenters. The van der Waals surface area contributed by atoms with Crippen molar-refractivity contribution in [1.82, 2.24) is 15.1 Å². The number of amides is 2. The van der Waals surface area contributed by atoms with Crippen LogP contribution in [0.1, 0.15) is 32.6 Å². The molecule has 0 aromatic heterocycles. The van der Waals surface area contributed by atoms with Crippen LogP contribution in [0.3, 0.4) is 0 Å². The van der Waals surface area contributed by atoms with Gasteiger partial charge in [0.25, 0.3) is 0 Å². The lowest BCUT2D eigenvalue weighted by molar-refractivity contribution is -0.124. The average molecular weight is 391 g/mol. The Bertz CT molecular complexity index is 659. The van der Waals surface area contributed by atoms with Gasteiger partial charge in [-0.2, -0.15) is 0 Å². The highest BCUT2D eigenvalue weighted by Crippen LogP contribution is 2.23. The van der Waals surface area contributed by atoms with Crippen LogP contribution < -0.4 is 10.6 Å². The minimum absolute atomic E-state index is 0.107. The van der Waals surface area contributed by atoms with Gasteiger partial charge < -0.3 is 10.6 Å². The van der Waals surface area contributed by atoms with E-state index in [1.54, 1.807) is 12.1 Å². The summed E-state index contributed by atoms with van der Waals surface area (Å²) in [6, 6.07) is 6.08.